The van der Waals surface area contributed by atoms with Crippen molar-refractivity contribution in [1.29, 1.82) is 0 Å². The van der Waals surface area contributed by atoms with Crippen LogP contribution in [0.1, 0.15) is 38.7 Å². The number of aliphatic hydroxyl groups excluding tert-OH is 1. The predicted molar refractivity (Wildman–Crippen MR) is 85.3 cm³/mol. The topological polar surface area (TPSA) is 101 Å². The Bertz CT molecular complexity index is 1140. The maximum absolute atomic E-state index is 12.7. The second kappa shape index (κ2) is 3.62. The summed E-state index contributed by atoms with van der Waals surface area (Å²) in [6.07, 6.45) is -2.94. The summed E-state index contributed by atoms with van der Waals surface area (Å²) in [4.78, 5) is 12.7. The van der Waals surface area contributed by atoms with Gasteiger partial charge in [0.1, 0.15) is 29.8 Å². The van der Waals surface area contributed by atoms with Gasteiger partial charge in [-0.05, 0) is 12.1 Å². The lowest BCUT2D eigenvalue weighted by atomic mass is 9.72. The molecule has 0 radical (unpaired) electrons. The first kappa shape index (κ1) is 13.7. The van der Waals surface area contributed by atoms with Gasteiger partial charge in [-0.2, -0.15) is 0 Å². The lowest BCUT2D eigenvalue weighted by Crippen LogP contribution is -2.52. The highest BCUT2D eigenvalue weighted by molar-refractivity contribution is 6.06. The molecule has 0 aromatic heterocycles. The Hall–Kier alpha value is -2.45. The van der Waals surface area contributed by atoms with E-state index in [0.717, 1.165) is 5.56 Å². The summed E-state index contributed by atoms with van der Waals surface area (Å²) in [7, 11) is 0. The highest BCUT2D eigenvalue weighted by Crippen LogP contribution is 2.71. The third kappa shape index (κ3) is 1.15. The molecule has 2 spiro atoms. The van der Waals surface area contributed by atoms with E-state index in [0.29, 0.717) is 28.0 Å². The summed E-state index contributed by atoms with van der Waals surface area (Å²) in [5, 5.41) is 21.2. The zero-order chi connectivity index (χ0) is 17.9. The first-order valence-corrected chi connectivity index (χ1v) is 9.00. The number of fused-ring (bicyclic) bond motifs is 2. The summed E-state index contributed by atoms with van der Waals surface area (Å²) >= 11 is 0. The average Bonchev–Trinajstić information content (AvgIpc) is 3.56. The second-order valence-electron chi connectivity index (χ2n) is 8.01. The van der Waals surface area contributed by atoms with Crippen LogP contribution >= 0.6 is 0 Å². The molecule has 0 amide bonds. The van der Waals surface area contributed by atoms with Gasteiger partial charge in [-0.3, -0.25) is 4.79 Å². The van der Waals surface area contributed by atoms with Gasteiger partial charge in [0.15, 0.2) is 23.6 Å². The van der Waals surface area contributed by atoms with Crippen molar-refractivity contribution in [3.05, 3.63) is 58.1 Å². The van der Waals surface area contributed by atoms with E-state index in [-0.39, 0.29) is 11.5 Å². The number of benzene rings is 2. The molecule has 2 N–H and O–H groups in total. The van der Waals surface area contributed by atoms with Crippen LogP contribution in [0.25, 0.3) is 0 Å². The molecule has 2 fully saturated rings. The third-order valence-electron chi connectivity index (χ3n) is 6.87. The molecule has 7 atom stereocenters. The Kier molecular flexibility index (Phi) is 1.83. The van der Waals surface area contributed by atoms with Gasteiger partial charge in [0.2, 0.25) is 0 Å². The number of hydrogen-bond donors (Lipinski definition) is 2. The minimum atomic E-state index is -1.25. The van der Waals surface area contributed by atoms with Crippen LogP contribution in [0.5, 0.6) is 11.5 Å². The van der Waals surface area contributed by atoms with Crippen molar-refractivity contribution in [2.45, 2.75) is 41.9 Å². The van der Waals surface area contributed by atoms with E-state index >= 15 is 0 Å². The van der Waals surface area contributed by atoms with Gasteiger partial charge < -0.3 is 29.2 Å². The van der Waals surface area contributed by atoms with Crippen LogP contribution in [-0.2, 0) is 25.6 Å². The molecule has 27 heavy (non-hydrogen) atoms. The molecule has 0 saturated carbocycles. The molecule has 7 unspecified atom stereocenters. The van der Waals surface area contributed by atoms with Crippen molar-refractivity contribution < 1.29 is 34.0 Å². The van der Waals surface area contributed by atoms with Gasteiger partial charge in [-0.15, -0.1) is 0 Å². The summed E-state index contributed by atoms with van der Waals surface area (Å²) < 4.78 is 24.5. The second-order valence-corrected chi connectivity index (χ2v) is 8.01. The lowest BCUT2D eigenvalue weighted by molar-refractivity contribution is -0.264. The van der Waals surface area contributed by atoms with Crippen molar-refractivity contribution in [3.63, 3.8) is 0 Å². The predicted octanol–water partition coefficient (Wildman–Crippen LogP) is 0.989. The number of phenolic OH excluding ortho intramolecular Hbond substituents is 1. The van der Waals surface area contributed by atoms with Gasteiger partial charge in [0.25, 0.3) is 5.79 Å². The van der Waals surface area contributed by atoms with Crippen LogP contribution in [0.15, 0.2) is 30.3 Å². The molecule has 2 bridgehead atoms. The summed E-state index contributed by atoms with van der Waals surface area (Å²) in [6, 6.07) is 8.72. The Morgan fingerprint density at radius 1 is 1.04 bits per heavy atom. The normalized spacial score (nSPS) is 45.2. The highest BCUT2D eigenvalue weighted by Gasteiger charge is 2.80. The quantitative estimate of drug-likeness (QED) is 0.672. The lowest BCUT2D eigenvalue weighted by Gasteiger charge is -2.43. The molecular weight excluding hydrogens is 352 g/mol. The molecule has 7 nitrogen and oxygen atoms in total. The van der Waals surface area contributed by atoms with Gasteiger partial charge in [0, 0.05) is 27.8 Å². The van der Waals surface area contributed by atoms with Crippen molar-refractivity contribution >= 4 is 5.78 Å². The van der Waals surface area contributed by atoms with Crippen LogP contribution in [0.3, 0.4) is 0 Å². The molecule has 4 aliphatic heterocycles. The standard InChI is InChI=1S/C20H12O7/c21-8-5-4-7-12-10(8)14(23)16-18(25-16)20(12)26-9-3-1-2-6-11(9)19(7,27-20)17-15(24-17)13(6)22/h1-5,14-18,21,23H. The first-order chi connectivity index (χ1) is 13.1. The third-order valence-corrected chi connectivity index (χ3v) is 6.87. The number of aliphatic hydroxyl groups is 1. The fourth-order valence-electron chi connectivity index (χ4n) is 5.78. The molecular formula is C20H12O7. The SMILES string of the molecule is O=C1c2cccc3c2C2(OC4(O3)c3c2ccc(O)c3C(O)C2OC24)C2OC12. The van der Waals surface area contributed by atoms with Crippen LogP contribution in [0, 0.1) is 0 Å². The average molecular weight is 364 g/mol. The number of hydrogen-bond acceptors (Lipinski definition) is 7. The smallest absolute Gasteiger partial charge is 0.268 e. The van der Waals surface area contributed by atoms with Gasteiger partial charge >= 0.3 is 0 Å². The molecule has 8 rings (SSSR count). The number of Topliss-reactive ketones (excluding diaryl/α,β-unsaturated/α-hetero) is 1. The minimum absolute atomic E-state index is 0.0184. The van der Waals surface area contributed by atoms with E-state index in [1.807, 2.05) is 6.07 Å². The molecule has 6 aliphatic rings. The van der Waals surface area contributed by atoms with Crippen LogP contribution in [0.2, 0.25) is 0 Å². The molecule has 7 heteroatoms. The van der Waals surface area contributed by atoms with Gasteiger partial charge in [-0.1, -0.05) is 18.2 Å². The summed E-state index contributed by atoms with van der Waals surface area (Å²) in [6.45, 7) is 0. The fraction of sp³-hybridized carbons (Fsp3) is 0.350. The maximum Gasteiger partial charge on any atom is 0.268 e. The largest absolute Gasteiger partial charge is 0.508 e. The number of phenols is 1. The Balaban J connectivity index is 1.57. The number of ketones is 1. The van der Waals surface area contributed by atoms with Crippen LogP contribution in [0.4, 0.5) is 0 Å². The number of ether oxygens (including phenoxy) is 4. The molecule has 2 saturated heterocycles. The van der Waals surface area contributed by atoms with Crippen LogP contribution < -0.4 is 4.74 Å². The number of rotatable bonds is 0. The maximum atomic E-state index is 12.7. The van der Waals surface area contributed by atoms with Gasteiger partial charge in [0.05, 0.1) is 0 Å². The van der Waals surface area contributed by atoms with Gasteiger partial charge in [-0.25, -0.2) is 0 Å². The number of aromatic hydroxyl groups is 1. The van der Waals surface area contributed by atoms with Crippen LogP contribution in [-0.4, -0.2) is 40.4 Å². The zero-order valence-electron chi connectivity index (χ0n) is 13.7. The zero-order valence-corrected chi connectivity index (χ0v) is 13.7. The summed E-state index contributed by atoms with van der Waals surface area (Å²) in [5.74, 6) is -0.774. The summed E-state index contributed by atoms with van der Waals surface area (Å²) in [5.41, 5.74) is 1.98. The Morgan fingerprint density at radius 2 is 1.93 bits per heavy atom. The van der Waals surface area contributed by atoms with Crippen molar-refractivity contribution in [3.8, 4) is 11.5 Å². The molecule has 2 aromatic rings. The number of carbonyl (C=O) groups excluding carboxylic acids is 1. The molecule has 134 valence electrons. The van der Waals surface area contributed by atoms with E-state index < -0.39 is 41.9 Å². The van der Waals surface area contributed by atoms with Crippen molar-refractivity contribution in [2.24, 2.45) is 0 Å². The van der Waals surface area contributed by atoms with E-state index in [1.54, 1.807) is 24.3 Å². The monoisotopic (exact) mass is 364 g/mol. The Labute approximate surface area is 152 Å². The Morgan fingerprint density at radius 3 is 2.81 bits per heavy atom. The fourth-order valence-corrected chi connectivity index (χ4v) is 5.78. The number of carbonyl (C=O) groups is 1. The minimum Gasteiger partial charge on any atom is -0.508 e. The van der Waals surface area contributed by atoms with E-state index in [1.165, 1.54) is 0 Å². The van der Waals surface area contributed by atoms with Crippen molar-refractivity contribution in [2.75, 3.05) is 0 Å². The molecule has 2 aliphatic carbocycles. The highest BCUT2D eigenvalue weighted by atomic mass is 16.8. The van der Waals surface area contributed by atoms with E-state index in [4.69, 9.17) is 18.9 Å². The van der Waals surface area contributed by atoms with E-state index in [2.05, 4.69) is 0 Å². The van der Waals surface area contributed by atoms with Crippen molar-refractivity contribution in [1.82, 2.24) is 0 Å². The van der Waals surface area contributed by atoms with E-state index in [9.17, 15) is 15.0 Å². The number of epoxide rings is 2. The molecule has 2 aromatic carbocycles. The first-order valence-electron chi connectivity index (χ1n) is 9.00. The molecule has 4 heterocycles.